The van der Waals surface area contributed by atoms with Crippen LogP contribution in [0.3, 0.4) is 0 Å². The van der Waals surface area contributed by atoms with E-state index in [0.717, 1.165) is 18.8 Å². The Kier molecular flexibility index (Phi) is 4.14. The van der Waals surface area contributed by atoms with Gasteiger partial charge in [-0.3, -0.25) is 5.10 Å². The third-order valence-electron chi connectivity index (χ3n) is 3.79. The van der Waals surface area contributed by atoms with Crippen LogP contribution < -0.4 is 5.32 Å². The molecule has 1 fully saturated rings. The second kappa shape index (κ2) is 6.20. The van der Waals surface area contributed by atoms with Gasteiger partial charge in [0.05, 0.1) is 17.9 Å². The lowest BCUT2D eigenvalue weighted by Gasteiger charge is -2.12. The number of nitrogens with one attached hydrogen (secondary N) is 2. The number of rotatable bonds is 5. The van der Waals surface area contributed by atoms with Crippen molar-refractivity contribution in [3.05, 3.63) is 42.1 Å². The van der Waals surface area contributed by atoms with Gasteiger partial charge in [-0.15, -0.1) is 0 Å². The summed E-state index contributed by atoms with van der Waals surface area (Å²) in [5.74, 6) is 0. The highest BCUT2D eigenvalue weighted by Crippen LogP contribution is 2.19. The lowest BCUT2D eigenvalue weighted by Crippen LogP contribution is -2.26. The number of H-pyrrole nitrogens is 1. The van der Waals surface area contributed by atoms with E-state index in [9.17, 15) is 0 Å². The molecule has 2 heterocycles. The Bertz CT molecular complexity index is 521. The van der Waals surface area contributed by atoms with Crippen molar-refractivity contribution in [2.75, 3.05) is 6.54 Å². The van der Waals surface area contributed by atoms with Gasteiger partial charge >= 0.3 is 0 Å². The molecule has 0 saturated carbocycles. The van der Waals surface area contributed by atoms with E-state index < -0.39 is 0 Å². The third-order valence-corrected chi connectivity index (χ3v) is 3.79. The molecule has 20 heavy (non-hydrogen) atoms. The topological polar surface area (TPSA) is 49.9 Å². The quantitative estimate of drug-likeness (QED) is 0.879. The average Bonchev–Trinajstić information content (AvgIpc) is 3.11. The SMILES string of the molecule is CC1CCC(CNCc2ccc(-c3ccn[nH]3)cc2)O1. The number of hydrogen-bond donors (Lipinski definition) is 2. The fraction of sp³-hybridized carbons (Fsp3) is 0.438. The van der Waals surface area contributed by atoms with Crippen LogP contribution in [0.1, 0.15) is 25.3 Å². The van der Waals surface area contributed by atoms with Gasteiger partial charge in [0.25, 0.3) is 0 Å². The minimum absolute atomic E-state index is 0.384. The minimum Gasteiger partial charge on any atom is -0.374 e. The summed E-state index contributed by atoms with van der Waals surface area (Å²) in [6, 6.07) is 10.5. The maximum atomic E-state index is 5.79. The monoisotopic (exact) mass is 271 g/mol. The fourth-order valence-corrected chi connectivity index (χ4v) is 2.63. The first-order valence-corrected chi connectivity index (χ1v) is 7.26. The highest BCUT2D eigenvalue weighted by atomic mass is 16.5. The number of nitrogens with zero attached hydrogens (tertiary/aromatic N) is 1. The molecule has 4 nitrogen and oxygen atoms in total. The van der Waals surface area contributed by atoms with Crippen molar-refractivity contribution in [1.82, 2.24) is 15.5 Å². The normalized spacial score (nSPS) is 22.2. The molecule has 1 saturated heterocycles. The van der Waals surface area contributed by atoms with Crippen molar-refractivity contribution in [2.45, 2.75) is 38.5 Å². The Labute approximate surface area is 119 Å². The van der Waals surface area contributed by atoms with E-state index in [2.05, 4.69) is 46.7 Å². The van der Waals surface area contributed by atoms with E-state index >= 15 is 0 Å². The summed E-state index contributed by atoms with van der Waals surface area (Å²) in [7, 11) is 0. The van der Waals surface area contributed by atoms with Crippen LogP contribution >= 0.6 is 0 Å². The van der Waals surface area contributed by atoms with Crippen LogP contribution in [-0.2, 0) is 11.3 Å². The second-order valence-corrected chi connectivity index (χ2v) is 5.44. The van der Waals surface area contributed by atoms with E-state index in [1.54, 1.807) is 6.20 Å². The van der Waals surface area contributed by atoms with Crippen LogP contribution in [-0.4, -0.2) is 29.0 Å². The molecule has 1 aliphatic rings. The predicted octanol–water partition coefficient (Wildman–Crippen LogP) is 2.73. The number of hydrogen-bond acceptors (Lipinski definition) is 3. The molecule has 106 valence electrons. The van der Waals surface area contributed by atoms with Gasteiger partial charge in [0.15, 0.2) is 0 Å². The van der Waals surface area contributed by atoms with Gasteiger partial charge in [0.1, 0.15) is 0 Å². The molecule has 0 aliphatic carbocycles. The van der Waals surface area contributed by atoms with Crippen molar-refractivity contribution in [1.29, 1.82) is 0 Å². The molecule has 2 aromatic rings. The Balaban J connectivity index is 1.49. The van der Waals surface area contributed by atoms with Gasteiger partial charge in [-0.1, -0.05) is 24.3 Å². The first-order chi connectivity index (χ1) is 9.81. The summed E-state index contributed by atoms with van der Waals surface area (Å²) < 4.78 is 5.79. The molecule has 1 aromatic heterocycles. The molecule has 0 radical (unpaired) electrons. The molecule has 4 heteroatoms. The van der Waals surface area contributed by atoms with Gasteiger partial charge in [-0.05, 0) is 37.0 Å². The molecule has 1 aromatic carbocycles. The van der Waals surface area contributed by atoms with E-state index in [-0.39, 0.29) is 0 Å². The van der Waals surface area contributed by atoms with Crippen LogP contribution in [0.15, 0.2) is 36.5 Å². The molecule has 0 amide bonds. The Morgan fingerprint density at radius 2 is 2.10 bits per heavy atom. The van der Waals surface area contributed by atoms with Gasteiger partial charge < -0.3 is 10.1 Å². The summed E-state index contributed by atoms with van der Waals surface area (Å²) in [6.07, 6.45) is 4.94. The smallest absolute Gasteiger partial charge is 0.0704 e. The van der Waals surface area contributed by atoms with Gasteiger partial charge in [-0.25, -0.2) is 0 Å². The summed E-state index contributed by atoms with van der Waals surface area (Å²) in [6.45, 7) is 3.97. The van der Waals surface area contributed by atoms with Crippen molar-refractivity contribution < 1.29 is 4.74 Å². The molecular formula is C16H21N3O. The number of aromatic nitrogens is 2. The molecule has 0 spiro atoms. The minimum atomic E-state index is 0.384. The van der Waals surface area contributed by atoms with Crippen LogP contribution in [0.5, 0.6) is 0 Å². The number of ether oxygens (including phenoxy) is 1. The number of benzene rings is 1. The van der Waals surface area contributed by atoms with E-state index in [1.807, 2.05) is 6.07 Å². The van der Waals surface area contributed by atoms with Crippen molar-refractivity contribution in [2.24, 2.45) is 0 Å². The van der Waals surface area contributed by atoms with Crippen LogP contribution in [0.4, 0.5) is 0 Å². The summed E-state index contributed by atoms with van der Waals surface area (Å²) in [4.78, 5) is 0. The zero-order valence-corrected chi connectivity index (χ0v) is 11.8. The first-order valence-electron chi connectivity index (χ1n) is 7.26. The second-order valence-electron chi connectivity index (χ2n) is 5.44. The molecular weight excluding hydrogens is 250 g/mol. The molecule has 0 bridgehead atoms. The van der Waals surface area contributed by atoms with Gasteiger partial charge in [0.2, 0.25) is 0 Å². The van der Waals surface area contributed by atoms with E-state index in [4.69, 9.17) is 4.74 Å². The largest absolute Gasteiger partial charge is 0.374 e. The fourth-order valence-electron chi connectivity index (χ4n) is 2.63. The zero-order chi connectivity index (χ0) is 13.8. The molecule has 3 rings (SSSR count). The third kappa shape index (κ3) is 3.26. The maximum absolute atomic E-state index is 5.79. The Morgan fingerprint density at radius 3 is 2.75 bits per heavy atom. The summed E-state index contributed by atoms with van der Waals surface area (Å²) in [5, 5.41) is 10.4. The van der Waals surface area contributed by atoms with Crippen LogP contribution in [0.25, 0.3) is 11.3 Å². The highest BCUT2D eigenvalue weighted by molar-refractivity contribution is 5.58. The molecule has 2 N–H and O–H groups in total. The number of aromatic amines is 1. The Hall–Kier alpha value is -1.65. The lowest BCUT2D eigenvalue weighted by atomic mass is 10.1. The molecule has 2 atom stereocenters. The highest BCUT2D eigenvalue weighted by Gasteiger charge is 2.20. The van der Waals surface area contributed by atoms with E-state index in [0.29, 0.717) is 12.2 Å². The van der Waals surface area contributed by atoms with Gasteiger partial charge in [-0.2, -0.15) is 5.10 Å². The Morgan fingerprint density at radius 1 is 1.25 bits per heavy atom. The zero-order valence-electron chi connectivity index (χ0n) is 11.8. The van der Waals surface area contributed by atoms with Gasteiger partial charge in [0, 0.05) is 19.3 Å². The van der Waals surface area contributed by atoms with Crippen LogP contribution in [0, 0.1) is 0 Å². The standard InChI is InChI=1S/C16H21N3O/c1-12-2-7-15(20-12)11-17-10-13-3-5-14(6-4-13)16-8-9-18-19-16/h3-6,8-9,12,15,17H,2,7,10-11H2,1H3,(H,18,19). The molecule has 2 unspecified atom stereocenters. The first kappa shape index (κ1) is 13.3. The average molecular weight is 271 g/mol. The predicted molar refractivity (Wildman–Crippen MR) is 79.3 cm³/mol. The van der Waals surface area contributed by atoms with Crippen LogP contribution in [0.2, 0.25) is 0 Å². The van der Waals surface area contributed by atoms with Crippen molar-refractivity contribution in [3.63, 3.8) is 0 Å². The van der Waals surface area contributed by atoms with Crippen molar-refractivity contribution >= 4 is 0 Å². The molecule has 1 aliphatic heterocycles. The summed E-state index contributed by atoms with van der Waals surface area (Å²) >= 11 is 0. The van der Waals surface area contributed by atoms with E-state index in [1.165, 1.54) is 24.0 Å². The maximum Gasteiger partial charge on any atom is 0.0704 e. The summed E-state index contributed by atoms with van der Waals surface area (Å²) in [5.41, 5.74) is 3.51. The lowest BCUT2D eigenvalue weighted by molar-refractivity contribution is 0.0559. The van der Waals surface area contributed by atoms with Crippen molar-refractivity contribution in [3.8, 4) is 11.3 Å².